The molecular weight excluding hydrogens is 238 g/mol. The summed E-state index contributed by atoms with van der Waals surface area (Å²) in [6.07, 6.45) is 2.41. The third-order valence-corrected chi connectivity index (χ3v) is 4.69. The number of hydrogen-bond acceptors (Lipinski definition) is 5. The lowest BCUT2D eigenvalue weighted by atomic mass is 10.0. The summed E-state index contributed by atoms with van der Waals surface area (Å²) >= 11 is 3.43. The van der Waals surface area contributed by atoms with E-state index in [1.54, 1.807) is 16.8 Å². The molecule has 0 amide bonds. The van der Waals surface area contributed by atoms with Gasteiger partial charge in [-0.25, -0.2) is 0 Å². The van der Waals surface area contributed by atoms with Gasteiger partial charge in [0.25, 0.3) is 0 Å². The highest BCUT2D eigenvalue weighted by Gasteiger charge is 2.15. The molecule has 2 atom stereocenters. The molecule has 2 unspecified atom stereocenters. The maximum Gasteiger partial charge on any atom is 0.174 e. The van der Waals surface area contributed by atoms with Gasteiger partial charge in [-0.2, -0.15) is 0 Å². The maximum absolute atomic E-state index is 4.06. The van der Waals surface area contributed by atoms with E-state index < -0.39 is 0 Å². The Kier molecular flexibility index (Phi) is 7.00. The molecule has 1 heterocycles. The lowest BCUT2D eigenvalue weighted by Crippen LogP contribution is -2.37. The van der Waals surface area contributed by atoms with Crippen molar-refractivity contribution in [2.24, 2.45) is 5.92 Å². The Balaban J connectivity index is 2.37. The lowest BCUT2D eigenvalue weighted by molar-refractivity contribution is 0.397. The molecule has 16 heavy (non-hydrogen) atoms. The van der Waals surface area contributed by atoms with Gasteiger partial charge in [-0.15, -0.1) is 10.2 Å². The van der Waals surface area contributed by atoms with E-state index in [0.29, 0.717) is 12.0 Å². The average Bonchev–Trinajstić information content (AvgIpc) is 2.81. The zero-order valence-electron chi connectivity index (χ0n) is 10.3. The second-order valence-electron chi connectivity index (χ2n) is 3.96. The molecule has 0 aliphatic rings. The van der Waals surface area contributed by atoms with E-state index in [1.165, 1.54) is 12.8 Å². The monoisotopic (exact) mass is 259 g/mol. The minimum atomic E-state index is 0.582. The van der Waals surface area contributed by atoms with Gasteiger partial charge in [-0.05, 0) is 18.9 Å². The Bertz CT molecular complexity index is 264. The summed E-state index contributed by atoms with van der Waals surface area (Å²) in [5.74, 6) is 1.80. The second kappa shape index (κ2) is 8.03. The summed E-state index contributed by atoms with van der Waals surface area (Å²) in [5.41, 5.74) is 1.79. The fourth-order valence-electron chi connectivity index (χ4n) is 1.43. The summed E-state index contributed by atoms with van der Waals surface area (Å²) in [6.45, 7) is 7.87. The molecule has 1 aromatic heterocycles. The van der Waals surface area contributed by atoms with Gasteiger partial charge in [0.05, 0.1) is 0 Å². The van der Waals surface area contributed by atoms with Crippen LogP contribution < -0.4 is 5.32 Å². The standard InChI is InChI=1S/C11H21N3S2/c1-4-6-12-10(9(3)5-2)7-15-11-14-13-8-16-11/h8-10,12H,4-7H2,1-3H3. The van der Waals surface area contributed by atoms with Crippen molar-refractivity contribution in [1.29, 1.82) is 0 Å². The second-order valence-corrected chi connectivity index (χ2v) is 6.06. The number of rotatable bonds is 8. The molecule has 0 aliphatic carbocycles. The molecule has 0 aliphatic heterocycles. The topological polar surface area (TPSA) is 37.8 Å². The number of nitrogens with zero attached hydrogens (tertiary/aromatic N) is 2. The van der Waals surface area contributed by atoms with Crippen LogP contribution in [-0.4, -0.2) is 28.5 Å². The van der Waals surface area contributed by atoms with Gasteiger partial charge in [0.2, 0.25) is 0 Å². The Morgan fingerprint density at radius 2 is 2.31 bits per heavy atom. The van der Waals surface area contributed by atoms with E-state index >= 15 is 0 Å². The van der Waals surface area contributed by atoms with Crippen LogP contribution in [0.4, 0.5) is 0 Å². The number of hydrogen-bond donors (Lipinski definition) is 1. The summed E-state index contributed by atoms with van der Waals surface area (Å²) in [5, 5.41) is 11.5. The van der Waals surface area contributed by atoms with Crippen LogP contribution in [0, 0.1) is 5.92 Å². The normalized spacial score (nSPS) is 14.9. The molecule has 0 bridgehead atoms. The van der Waals surface area contributed by atoms with Gasteiger partial charge in [-0.1, -0.05) is 50.3 Å². The Morgan fingerprint density at radius 3 is 2.88 bits per heavy atom. The van der Waals surface area contributed by atoms with Crippen LogP contribution in [-0.2, 0) is 0 Å². The predicted molar refractivity (Wildman–Crippen MR) is 72.2 cm³/mol. The highest BCUT2D eigenvalue weighted by molar-refractivity contribution is 8.01. The largest absolute Gasteiger partial charge is 0.313 e. The van der Waals surface area contributed by atoms with Crippen molar-refractivity contribution < 1.29 is 0 Å². The molecule has 5 heteroatoms. The Labute approximate surface area is 106 Å². The Morgan fingerprint density at radius 1 is 1.50 bits per heavy atom. The van der Waals surface area contributed by atoms with E-state index in [1.807, 2.05) is 11.8 Å². The zero-order chi connectivity index (χ0) is 11.8. The third-order valence-electron chi connectivity index (χ3n) is 2.71. The Hall–Kier alpha value is -0.130. The minimum Gasteiger partial charge on any atom is -0.313 e. The van der Waals surface area contributed by atoms with E-state index in [2.05, 4.69) is 36.3 Å². The van der Waals surface area contributed by atoms with Gasteiger partial charge in [0.1, 0.15) is 5.51 Å². The molecule has 1 N–H and O–H groups in total. The van der Waals surface area contributed by atoms with Gasteiger partial charge >= 0.3 is 0 Å². The summed E-state index contributed by atoms with van der Waals surface area (Å²) < 4.78 is 1.08. The van der Waals surface area contributed by atoms with E-state index in [-0.39, 0.29) is 0 Å². The summed E-state index contributed by atoms with van der Waals surface area (Å²) in [6, 6.07) is 0.582. The van der Waals surface area contributed by atoms with Gasteiger partial charge in [0.15, 0.2) is 4.34 Å². The van der Waals surface area contributed by atoms with E-state index in [0.717, 1.165) is 16.6 Å². The molecule has 0 spiro atoms. The fraction of sp³-hybridized carbons (Fsp3) is 0.818. The van der Waals surface area contributed by atoms with Crippen molar-refractivity contribution in [3.63, 3.8) is 0 Å². The highest BCUT2D eigenvalue weighted by Crippen LogP contribution is 2.22. The van der Waals surface area contributed by atoms with Crippen LogP contribution in [0.3, 0.4) is 0 Å². The van der Waals surface area contributed by atoms with Crippen LogP contribution in [0.25, 0.3) is 0 Å². The molecular formula is C11H21N3S2. The molecule has 1 aromatic rings. The smallest absolute Gasteiger partial charge is 0.174 e. The van der Waals surface area contributed by atoms with Crippen molar-refractivity contribution in [2.45, 2.75) is 44.0 Å². The highest BCUT2D eigenvalue weighted by atomic mass is 32.2. The van der Waals surface area contributed by atoms with Crippen molar-refractivity contribution in [3.05, 3.63) is 5.51 Å². The third kappa shape index (κ3) is 4.80. The number of aromatic nitrogens is 2. The van der Waals surface area contributed by atoms with Crippen LogP contribution in [0.5, 0.6) is 0 Å². The van der Waals surface area contributed by atoms with Crippen LogP contribution in [0.2, 0.25) is 0 Å². The number of thioether (sulfide) groups is 1. The van der Waals surface area contributed by atoms with E-state index in [9.17, 15) is 0 Å². The molecule has 0 aromatic carbocycles. The van der Waals surface area contributed by atoms with Gasteiger partial charge in [0, 0.05) is 11.8 Å². The maximum atomic E-state index is 4.06. The molecule has 1 rings (SSSR count). The van der Waals surface area contributed by atoms with Crippen LogP contribution in [0.1, 0.15) is 33.6 Å². The first kappa shape index (κ1) is 13.9. The van der Waals surface area contributed by atoms with Gasteiger partial charge < -0.3 is 5.32 Å². The molecule has 92 valence electrons. The quantitative estimate of drug-likeness (QED) is 0.728. The average molecular weight is 259 g/mol. The van der Waals surface area contributed by atoms with Crippen molar-refractivity contribution in [2.75, 3.05) is 12.3 Å². The predicted octanol–water partition coefficient (Wildman–Crippen LogP) is 3.04. The minimum absolute atomic E-state index is 0.582. The van der Waals surface area contributed by atoms with E-state index in [4.69, 9.17) is 0 Å². The lowest BCUT2D eigenvalue weighted by Gasteiger charge is -2.23. The van der Waals surface area contributed by atoms with Crippen molar-refractivity contribution in [3.8, 4) is 0 Å². The number of nitrogens with one attached hydrogen (secondary N) is 1. The van der Waals surface area contributed by atoms with Crippen molar-refractivity contribution >= 4 is 23.1 Å². The first-order valence-electron chi connectivity index (χ1n) is 5.90. The van der Waals surface area contributed by atoms with Crippen LogP contribution in [0.15, 0.2) is 9.85 Å². The van der Waals surface area contributed by atoms with Gasteiger partial charge in [-0.3, -0.25) is 0 Å². The first-order valence-corrected chi connectivity index (χ1v) is 7.76. The summed E-state index contributed by atoms with van der Waals surface area (Å²) in [4.78, 5) is 0. The van der Waals surface area contributed by atoms with Crippen molar-refractivity contribution in [1.82, 2.24) is 15.5 Å². The fourth-order valence-corrected chi connectivity index (χ4v) is 3.18. The van der Waals surface area contributed by atoms with Crippen LogP contribution >= 0.6 is 23.1 Å². The zero-order valence-corrected chi connectivity index (χ0v) is 11.9. The molecule has 0 fully saturated rings. The molecule has 3 nitrogen and oxygen atoms in total. The summed E-state index contributed by atoms with van der Waals surface area (Å²) in [7, 11) is 0. The molecule has 0 saturated heterocycles. The SMILES string of the molecule is CCCNC(CSc1nncs1)C(C)CC. The first-order chi connectivity index (χ1) is 7.77. The molecule has 0 radical (unpaired) electrons. The molecule has 0 saturated carbocycles.